The molecule has 0 saturated heterocycles. The van der Waals surface area contributed by atoms with Gasteiger partial charge in [0.05, 0.1) is 16.4 Å². The van der Waals surface area contributed by atoms with Crippen molar-refractivity contribution in [2.24, 2.45) is 0 Å². The van der Waals surface area contributed by atoms with Gasteiger partial charge in [-0.05, 0) is 31.2 Å². The SMILES string of the molecule is CC(NC(=O)O)C(=O)N(c1ccccc1Cl)c1ncccc1N. The van der Waals surface area contributed by atoms with E-state index in [2.05, 4.69) is 10.3 Å². The highest BCUT2D eigenvalue weighted by molar-refractivity contribution is 6.34. The minimum Gasteiger partial charge on any atom is -0.465 e. The molecule has 2 rings (SSSR count). The summed E-state index contributed by atoms with van der Waals surface area (Å²) in [4.78, 5) is 28.9. The summed E-state index contributed by atoms with van der Waals surface area (Å²) in [6.07, 6.45) is 0.178. The highest BCUT2D eigenvalue weighted by atomic mass is 35.5. The van der Waals surface area contributed by atoms with Gasteiger partial charge in [0, 0.05) is 6.20 Å². The highest BCUT2D eigenvalue weighted by Crippen LogP contribution is 2.33. The van der Waals surface area contributed by atoms with Gasteiger partial charge >= 0.3 is 6.09 Å². The number of carbonyl (C=O) groups is 2. The summed E-state index contributed by atoms with van der Waals surface area (Å²) in [6.45, 7) is 1.43. The van der Waals surface area contributed by atoms with Crippen LogP contribution in [-0.2, 0) is 4.79 Å². The Bertz CT molecular complexity index is 693. The number of para-hydroxylation sites is 1. The van der Waals surface area contributed by atoms with Gasteiger partial charge in [0.2, 0.25) is 0 Å². The van der Waals surface area contributed by atoms with E-state index in [1.54, 1.807) is 36.4 Å². The Hall–Kier alpha value is -2.80. The van der Waals surface area contributed by atoms with Crippen molar-refractivity contribution >= 4 is 40.8 Å². The summed E-state index contributed by atoms with van der Waals surface area (Å²) in [7, 11) is 0. The first kappa shape index (κ1) is 16.6. The van der Waals surface area contributed by atoms with Crippen LogP contribution in [-0.4, -0.2) is 28.1 Å². The van der Waals surface area contributed by atoms with Gasteiger partial charge in [-0.1, -0.05) is 23.7 Å². The zero-order valence-electron chi connectivity index (χ0n) is 12.2. The molecular weight excluding hydrogens is 320 g/mol. The fourth-order valence-corrected chi connectivity index (χ4v) is 2.23. The van der Waals surface area contributed by atoms with Gasteiger partial charge in [-0.2, -0.15) is 0 Å². The summed E-state index contributed by atoms with van der Waals surface area (Å²) in [5.41, 5.74) is 6.54. The summed E-state index contributed by atoms with van der Waals surface area (Å²) in [6, 6.07) is 8.88. The Morgan fingerprint density at radius 2 is 2.00 bits per heavy atom. The minimum absolute atomic E-state index is 0.185. The fourth-order valence-electron chi connectivity index (χ4n) is 2.01. The first-order valence-electron chi connectivity index (χ1n) is 6.70. The highest BCUT2D eigenvalue weighted by Gasteiger charge is 2.28. The molecule has 23 heavy (non-hydrogen) atoms. The van der Waals surface area contributed by atoms with E-state index in [1.165, 1.54) is 18.0 Å². The van der Waals surface area contributed by atoms with Crippen LogP contribution in [0.3, 0.4) is 0 Å². The van der Waals surface area contributed by atoms with E-state index in [0.29, 0.717) is 10.7 Å². The second kappa shape index (κ2) is 6.97. The minimum atomic E-state index is -1.31. The van der Waals surface area contributed by atoms with Gasteiger partial charge in [-0.15, -0.1) is 0 Å². The molecule has 0 aliphatic heterocycles. The first-order valence-corrected chi connectivity index (χ1v) is 7.08. The Labute approximate surface area is 137 Å². The largest absolute Gasteiger partial charge is 0.465 e. The van der Waals surface area contributed by atoms with Gasteiger partial charge in [0.1, 0.15) is 6.04 Å². The molecule has 0 spiro atoms. The molecule has 8 heteroatoms. The van der Waals surface area contributed by atoms with E-state index in [-0.39, 0.29) is 11.5 Å². The summed E-state index contributed by atoms with van der Waals surface area (Å²) in [5.74, 6) is -0.365. The van der Waals surface area contributed by atoms with Crippen LogP contribution in [0.1, 0.15) is 6.92 Å². The van der Waals surface area contributed by atoms with Crippen LogP contribution in [0, 0.1) is 0 Å². The number of aromatic nitrogens is 1. The number of rotatable bonds is 4. The zero-order chi connectivity index (χ0) is 17.0. The van der Waals surface area contributed by atoms with E-state index >= 15 is 0 Å². The van der Waals surface area contributed by atoms with Crippen LogP contribution in [0.5, 0.6) is 0 Å². The zero-order valence-corrected chi connectivity index (χ0v) is 13.0. The molecule has 2 amide bonds. The average molecular weight is 335 g/mol. The van der Waals surface area contributed by atoms with E-state index in [4.69, 9.17) is 22.4 Å². The third-order valence-electron chi connectivity index (χ3n) is 3.05. The van der Waals surface area contributed by atoms with Gasteiger partial charge in [0.25, 0.3) is 5.91 Å². The summed E-state index contributed by atoms with van der Waals surface area (Å²) < 4.78 is 0. The van der Waals surface area contributed by atoms with Gasteiger partial charge < -0.3 is 16.2 Å². The Morgan fingerprint density at radius 3 is 2.61 bits per heavy atom. The summed E-state index contributed by atoms with van der Waals surface area (Å²) >= 11 is 6.18. The van der Waals surface area contributed by atoms with Crippen molar-refractivity contribution < 1.29 is 14.7 Å². The monoisotopic (exact) mass is 334 g/mol. The number of hydrogen-bond donors (Lipinski definition) is 3. The van der Waals surface area contributed by atoms with Gasteiger partial charge in [-0.3, -0.25) is 9.69 Å². The molecule has 1 atom stereocenters. The van der Waals surface area contributed by atoms with E-state index < -0.39 is 18.0 Å². The summed E-state index contributed by atoms with van der Waals surface area (Å²) in [5, 5.41) is 11.2. The number of anilines is 3. The van der Waals surface area contributed by atoms with Crippen molar-refractivity contribution in [3.63, 3.8) is 0 Å². The Kier molecular flexibility index (Phi) is 5.02. The van der Waals surface area contributed by atoms with E-state index in [0.717, 1.165) is 0 Å². The molecular formula is C15H15ClN4O3. The van der Waals surface area contributed by atoms with Crippen LogP contribution in [0.15, 0.2) is 42.6 Å². The van der Waals surface area contributed by atoms with Crippen molar-refractivity contribution in [2.75, 3.05) is 10.6 Å². The molecule has 7 nitrogen and oxygen atoms in total. The molecule has 2 aromatic rings. The van der Waals surface area contributed by atoms with Crippen LogP contribution < -0.4 is 16.0 Å². The lowest BCUT2D eigenvalue weighted by Gasteiger charge is -2.26. The topological polar surface area (TPSA) is 109 Å². The van der Waals surface area contributed by atoms with Gasteiger partial charge in [0.15, 0.2) is 5.82 Å². The number of nitrogens with zero attached hydrogens (tertiary/aromatic N) is 2. The van der Waals surface area contributed by atoms with E-state index in [1.807, 2.05) is 0 Å². The van der Waals surface area contributed by atoms with Crippen molar-refractivity contribution in [1.82, 2.24) is 10.3 Å². The molecule has 0 saturated carbocycles. The second-order valence-corrected chi connectivity index (χ2v) is 5.12. The molecule has 1 heterocycles. The molecule has 0 aliphatic rings. The Balaban J connectivity index is 2.53. The van der Waals surface area contributed by atoms with Crippen LogP contribution in [0.2, 0.25) is 5.02 Å². The maximum absolute atomic E-state index is 12.7. The predicted molar refractivity (Wildman–Crippen MR) is 87.9 cm³/mol. The maximum atomic E-state index is 12.7. The fraction of sp³-hybridized carbons (Fsp3) is 0.133. The van der Waals surface area contributed by atoms with Crippen molar-refractivity contribution in [3.8, 4) is 0 Å². The molecule has 0 aliphatic carbocycles. The lowest BCUT2D eigenvalue weighted by Crippen LogP contribution is -2.45. The third-order valence-corrected chi connectivity index (χ3v) is 3.37. The second-order valence-electron chi connectivity index (χ2n) is 4.71. The number of nitrogens with two attached hydrogens (primary N) is 1. The first-order chi connectivity index (χ1) is 10.9. The number of nitrogens with one attached hydrogen (secondary N) is 1. The Morgan fingerprint density at radius 1 is 1.30 bits per heavy atom. The molecule has 4 N–H and O–H groups in total. The van der Waals surface area contributed by atoms with Crippen LogP contribution >= 0.6 is 11.6 Å². The molecule has 1 unspecified atom stereocenters. The van der Waals surface area contributed by atoms with Crippen LogP contribution in [0.25, 0.3) is 0 Å². The van der Waals surface area contributed by atoms with Crippen molar-refractivity contribution in [3.05, 3.63) is 47.6 Å². The number of benzene rings is 1. The smallest absolute Gasteiger partial charge is 0.405 e. The predicted octanol–water partition coefficient (Wildman–Crippen LogP) is 2.64. The quantitative estimate of drug-likeness (QED) is 0.796. The third kappa shape index (κ3) is 3.70. The number of carbonyl (C=O) groups excluding carboxylic acids is 1. The number of halogens is 1. The lowest BCUT2D eigenvalue weighted by molar-refractivity contribution is -0.119. The number of hydrogen-bond acceptors (Lipinski definition) is 4. The number of pyridine rings is 1. The molecule has 1 aromatic carbocycles. The maximum Gasteiger partial charge on any atom is 0.405 e. The average Bonchev–Trinajstić information content (AvgIpc) is 2.50. The number of carboxylic acid groups (broad SMARTS) is 1. The van der Waals surface area contributed by atoms with Crippen molar-refractivity contribution in [1.29, 1.82) is 0 Å². The molecule has 0 radical (unpaired) electrons. The number of nitrogen functional groups attached to an aromatic ring is 1. The molecule has 0 fully saturated rings. The van der Waals surface area contributed by atoms with E-state index in [9.17, 15) is 9.59 Å². The number of amides is 2. The molecule has 0 bridgehead atoms. The lowest BCUT2D eigenvalue weighted by atomic mass is 10.2. The normalized spacial score (nSPS) is 11.6. The molecule has 1 aromatic heterocycles. The van der Waals surface area contributed by atoms with Crippen molar-refractivity contribution in [2.45, 2.75) is 13.0 Å². The van der Waals surface area contributed by atoms with Gasteiger partial charge in [-0.25, -0.2) is 9.78 Å². The standard InChI is InChI=1S/C15H15ClN4O3/c1-9(19-15(22)23)14(21)20(12-7-3-2-5-10(12)16)13-11(17)6-4-8-18-13/h2-9,19H,17H2,1H3,(H,22,23). The molecule has 120 valence electrons. The van der Waals surface area contributed by atoms with Crippen LogP contribution in [0.4, 0.5) is 22.0 Å².